The lowest BCUT2D eigenvalue weighted by molar-refractivity contribution is -0.0533. The molecule has 3 aliphatic rings. The van der Waals surface area contributed by atoms with Crippen molar-refractivity contribution in [3.8, 4) is 0 Å². The Morgan fingerprint density at radius 2 is 1.89 bits per heavy atom. The highest BCUT2D eigenvalue weighted by Crippen LogP contribution is 2.27. The number of piperidine rings is 1. The van der Waals surface area contributed by atoms with Gasteiger partial charge in [0.1, 0.15) is 17.8 Å². The van der Waals surface area contributed by atoms with E-state index in [-0.39, 0.29) is 12.0 Å². The van der Waals surface area contributed by atoms with Crippen LogP contribution in [0.15, 0.2) is 30.6 Å². The fourth-order valence-corrected chi connectivity index (χ4v) is 5.72. The van der Waals surface area contributed by atoms with E-state index in [1.807, 2.05) is 11.8 Å². The lowest BCUT2D eigenvalue weighted by Crippen LogP contribution is -2.54. The zero-order valence-corrected chi connectivity index (χ0v) is 20.8. The van der Waals surface area contributed by atoms with E-state index in [9.17, 15) is 4.79 Å². The first kappa shape index (κ1) is 24.2. The van der Waals surface area contributed by atoms with E-state index in [1.165, 1.54) is 17.5 Å². The van der Waals surface area contributed by atoms with Gasteiger partial charge in [0.15, 0.2) is 0 Å². The molecule has 2 N–H and O–H groups in total. The van der Waals surface area contributed by atoms with Crippen molar-refractivity contribution in [3.63, 3.8) is 0 Å². The van der Waals surface area contributed by atoms with Crippen molar-refractivity contribution in [2.75, 3.05) is 45.3 Å². The van der Waals surface area contributed by atoms with Crippen molar-refractivity contribution in [2.45, 2.75) is 57.2 Å². The van der Waals surface area contributed by atoms with Gasteiger partial charge in [-0.05, 0) is 56.1 Å². The second-order valence-corrected chi connectivity index (χ2v) is 10.1. The largest absolute Gasteiger partial charge is 0.379 e. The fourth-order valence-electron chi connectivity index (χ4n) is 5.72. The summed E-state index contributed by atoms with van der Waals surface area (Å²) in [4.78, 5) is 24.1. The number of carbonyl (C=O) groups is 1. The Kier molecular flexibility index (Phi) is 7.60. The zero-order chi connectivity index (χ0) is 24.2. The molecule has 2 fully saturated rings. The average Bonchev–Trinajstić information content (AvgIpc) is 3.31. The van der Waals surface area contributed by atoms with Crippen LogP contribution in [0.3, 0.4) is 0 Å². The van der Waals surface area contributed by atoms with E-state index in [4.69, 9.17) is 9.47 Å². The molecule has 5 rings (SSSR count). The highest BCUT2D eigenvalue weighted by atomic mass is 16.5. The number of methoxy groups -OCH3 is 1. The molecule has 2 saturated heterocycles. The van der Waals surface area contributed by atoms with E-state index >= 15 is 0 Å². The molecule has 8 nitrogen and oxygen atoms in total. The standard InChI is InChI=1S/C27H37N5O3/c1-18-25(29-17-30-26(18)28-15-19-13-20-5-3-4-6-21(20)14-19)27(33)32-10-7-22(8-11-32)31-23-9-12-35-16-24(23)34-2/h3-6,17,19,22-24,31H,7-16H2,1-2H3,(H,28,29,30). The summed E-state index contributed by atoms with van der Waals surface area (Å²) in [6.45, 7) is 5.65. The number of amides is 1. The van der Waals surface area contributed by atoms with Crippen molar-refractivity contribution >= 4 is 11.7 Å². The number of fused-ring (bicyclic) bond motifs is 1. The first-order valence-electron chi connectivity index (χ1n) is 12.9. The summed E-state index contributed by atoms with van der Waals surface area (Å²) in [5.74, 6) is 1.31. The van der Waals surface area contributed by atoms with Gasteiger partial charge < -0.3 is 25.0 Å². The van der Waals surface area contributed by atoms with Crippen LogP contribution in [0.4, 0.5) is 5.82 Å². The Bertz CT molecular complexity index is 999. The number of benzene rings is 1. The van der Waals surface area contributed by atoms with E-state index in [0.717, 1.165) is 69.7 Å². The summed E-state index contributed by atoms with van der Waals surface area (Å²) in [7, 11) is 1.75. The molecular formula is C27H37N5O3. The molecule has 188 valence electrons. The Balaban J connectivity index is 1.14. The third-order valence-electron chi connectivity index (χ3n) is 7.82. The number of ether oxygens (including phenoxy) is 2. The van der Waals surface area contributed by atoms with Crippen LogP contribution in [-0.2, 0) is 22.3 Å². The molecule has 2 aromatic rings. The van der Waals surface area contributed by atoms with E-state index < -0.39 is 0 Å². The lowest BCUT2D eigenvalue weighted by atomic mass is 9.99. The van der Waals surface area contributed by atoms with Crippen LogP contribution in [-0.4, -0.2) is 78.9 Å². The normalized spacial score (nSPS) is 23.3. The van der Waals surface area contributed by atoms with E-state index in [1.54, 1.807) is 7.11 Å². The van der Waals surface area contributed by atoms with Gasteiger partial charge in [-0.1, -0.05) is 24.3 Å². The smallest absolute Gasteiger partial charge is 0.272 e. The molecule has 2 aliphatic heterocycles. The Labute approximate surface area is 207 Å². The van der Waals surface area contributed by atoms with Crippen molar-refractivity contribution in [2.24, 2.45) is 5.92 Å². The van der Waals surface area contributed by atoms with Crippen LogP contribution < -0.4 is 10.6 Å². The van der Waals surface area contributed by atoms with Gasteiger partial charge in [0.25, 0.3) is 5.91 Å². The van der Waals surface area contributed by atoms with Crippen LogP contribution in [0.1, 0.15) is 46.4 Å². The van der Waals surface area contributed by atoms with Gasteiger partial charge >= 0.3 is 0 Å². The van der Waals surface area contributed by atoms with Crippen LogP contribution in [0.2, 0.25) is 0 Å². The minimum atomic E-state index is 0.000468. The summed E-state index contributed by atoms with van der Waals surface area (Å²) < 4.78 is 11.1. The van der Waals surface area contributed by atoms with Gasteiger partial charge in [0.2, 0.25) is 0 Å². The molecule has 0 bridgehead atoms. The Morgan fingerprint density at radius 1 is 1.14 bits per heavy atom. The predicted octanol–water partition coefficient (Wildman–Crippen LogP) is 2.61. The molecule has 1 aromatic heterocycles. The topological polar surface area (TPSA) is 88.6 Å². The summed E-state index contributed by atoms with van der Waals surface area (Å²) in [5, 5.41) is 7.25. The third-order valence-corrected chi connectivity index (χ3v) is 7.82. The molecule has 0 spiro atoms. The molecule has 8 heteroatoms. The summed E-state index contributed by atoms with van der Waals surface area (Å²) in [5.41, 5.74) is 4.23. The first-order chi connectivity index (χ1) is 17.1. The van der Waals surface area contributed by atoms with Crippen LogP contribution in [0.25, 0.3) is 0 Å². The van der Waals surface area contributed by atoms with Crippen molar-refractivity contribution in [3.05, 3.63) is 53.0 Å². The number of nitrogens with one attached hydrogen (secondary N) is 2. The SMILES string of the molecule is COC1COCCC1NC1CCN(C(=O)c2ncnc(NCC3Cc4ccccc4C3)c2C)CC1. The molecule has 0 radical (unpaired) electrons. The lowest BCUT2D eigenvalue weighted by Gasteiger charge is -2.38. The maximum absolute atomic E-state index is 13.3. The number of anilines is 1. The average molecular weight is 480 g/mol. The second-order valence-electron chi connectivity index (χ2n) is 10.1. The van der Waals surface area contributed by atoms with Crippen molar-refractivity contribution < 1.29 is 14.3 Å². The number of carbonyl (C=O) groups excluding carboxylic acids is 1. The molecule has 35 heavy (non-hydrogen) atoms. The molecule has 2 unspecified atom stereocenters. The van der Waals surface area contributed by atoms with Crippen LogP contribution >= 0.6 is 0 Å². The number of hydrogen-bond donors (Lipinski definition) is 2. The number of likely N-dealkylation sites (tertiary alicyclic amines) is 1. The Morgan fingerprint density at radius 3 is 2.60 bits per heavy atom. The Hall–Kier alpha value is -2.55. The molecule has 2 atom stereocenters. The second kappa shape index (κ2) is 11.0. The molecule has 1 amide bonds. The zero-order valence-electron chi connectivity index (χ0n) is 20.8. The highest BCUT2D eigenvalue weighted by Gasteiger charge is 2.31. The quantitative estimate of drug-likeness (QED) is 0.631. The predicted molar refractivity (Wildman–Crippen MR) is 135 cm³/mol. The minimum Gasteiger partial charge on any atom is -0.379 e. The van der Waals surface area contributed by atoms with Gasteiger partial charge in [-0.25, -0.2) is 9.97 Å². The molecular weight excluding hydrogens is 442 g/mol. The fraction of sp³-hybridized carbons (Fsp3) is 0.593. The number of rotatable bonds is 7. The summed E-state index contributed by atoms with van der Waals surface area (Å²) in [6.07, 6.45) is 6.59. The molecule has 0 saturated carbocycles. The van der Waals surface area contributed by atoms with Gasteiger partial charge in [0.05, 0.1) is 12.7 Å². The van der Waals surface area contributed by atoms with Gasteiger partial charge in [-0.15, -0.1) is 0 Å². The molecule has 3 heterocycles. The number of hydrogen-bond acceptors (Lipinski definition) is 7. The maximum atomic E-state index is 13.3. The van der Waals surface area contributed by atoms with Gasteiger partial charge in [-0.2, -0.15) is 0 Å². The minimum absolute atomic E-state index is 0.000468. The number of nitrogens with zero attached hydrogens (tertiary/aromatic N) is 3. The first-order valence-corrected chi connectivity index (χ1v) is 12.9. The number of aromatic nitrogens is 2. The highest BCUT2D eigenvalue weighted by molar-refractivity contribution is 5.94. The third kappa shape index (κ3) is 5.50. The summed E-state index contributed by atoms with van der Waals surface area (Å²) >= 11 is 0. The van der Waals surface area contributed by atoms with E-state index in [0.29, 0.717) is 30.3 Å². The van der Waals surface area contributed by atoms with Crippen molar-refractivity contribution in [1.29, 1.82) is 0 Å². The van der Waals surface area contributed by atoms with Gasteiger partial charge in [0, 0.05) is 51.0 Å². The van der Waals surface area contributed by atoms with E-state index in [2.05, 4.69) is 44.9 Å². The maximum Gasteiger partial charge on any atom is 0.272 e. The monoisotopic (exact) mass is 479 g/mol. The summed E-state index contributed by atoms with van der Waals surface area (Å²) in [6, 6.07) is 9.37. The van der Waals surface area contributed by atoms with Crippen LogP contribution in [0.5, 0.6) is 0 Å². The molecule has 1 aromatic carbocycles. The van der Waals surface area contributed by atoms with Crippen LogP contribution in [0, 0.1) is 12.8 Å². The van der Waals surface area contributed by atoms with Crippen molar-refractivity contribution in [1.82, 2.24) is 20.2 Å². The van der Waals surface area contributed by atoms with Gasteiger partial charge in [-0.3, -0.25) is 4.79 Å². The molecule has 1 aliphatic carbocycles.